The van der Waals surface area contributed by atoms with Gasteiger partial charge in [-0.15, -0.1) is 0 Å². The summed E-state index contributed by atoms with van der Waals surface area (Å²) in [6, 6.07) is 79.2. The van der Waals surface area contributed by atoms with Crippen LogP contribution in [-0.2, 0) is 0 Å². The molecular weight excluding hydrogens is 755 g/mol. The van der Waals surface area contributed by atoms with Crippen molar-refractivity contribution in [2.45, 2.75) is 0 Å². The smallest absolute Gasteiger partial charge is 0.238 e. The second-order valence-corrected chi connectivity index (χ2v) is 15.6. The molecule has 5 nitrogen and oxygen atoms in total. The summed E-state index contributed by atoms with van der Waals surface area (Å²) in [6.07, 6.45) is 0. The van der Waals surface area contributed by atoms with Crippen molar-refractivity contribution in [3.05, 3.63) is 224 Å². The highest BCUT2D eigenvalue weighted by atomic mass is 15.2. The van der Waals surface area contributed by atoms with E-state index in [0.717, 1.165) is 77.5 Å². The standard InChI is InChI=1S/C57H37N5/c1-5-18-38(19-6-1)40-32-34-42(35-33-40)55-58-56(44-25-17-24-43(36-44)39-20-7-2-8-21-39)60-57(59-55)62-49-31-16-14-29-47(49)54-51(62)37-50-53(52(54)41-22-9-3-10-23-41)46-28-13-15-30-48(46)61(50)45-26-11-4-12-27-45/h1-37H. The van der Waals surface area contributed by atoms with E-state index in [9.17, 15) is 0 Å². The number of para-hydroxylation sites is 3. The molecule has 0 radical (unpaired) electrons. The van der Waals surface area contributed by atoms with Crippen LogP contribution in [0.25, 0.3) is 111 Å². The predicted octanol–water partition coefficient (Wildman–Crippen LogP) is 14.4. The van der Waals surface area contributed by atoms with Crippen molar-refractivity contribution in [2.75, 3.05) is 0 Å². The molecule has 0 saturated heterocycles. The molecule has 3 heterocycles. The van der Waals surface area contributed by atoms with Crippen LogP contribution in [0.2, 0.25) is 0 Å². The largest absolute Gasteiger partial charge is 0.309 e. The lowest BCUT2D eigenvalue weighted by Gasteiger charge is -2.14. The summed E-state index contributed by atoms with van der Waals surface area (Å²) in [4.78, 5) is 16.0. The summed E-state index contributed by atoms with van der Waals surface area (Å²) in [7, 11) is 0. The molecule has 0 fully saturated rings. The maximum absolute atomic E-state index is 5.41. The molecule has 12 aromatic rings. The van der Waals surface area contributed by atoms with Gasteiger partial charge in [0.25, 0.3) is 0 Å². The van der Waals surface area contributed by atoms with Crippen LogP contribution < -0.4 is 0 Å². The molecule has 290 valence electrons. The molecule has 0 unspecified atom stereocenters. The Bertz CT molecular complexity index is 3590. The Morgan fingerprint density at radius 1 is 0.274 bits per heavy atom. The van der Waals surface area contributed by atoms with Crippen LogP contribution in [0.1, 0.15) is 0 Å². The predicted molar refractivity (Wildman–Crippen MR) is 256 cm³/mol. The lowest BCUT2D eigenvalue weighted by atomic mass is 9.94. The van der Waals surface area contributed by atoms with Crippen LogP contribution in [0.5, 0.6) is 0 Å². The van der Waals surface area contributed by atoms with Gasteiger partial charge in [0, 0.05) is 43.9 Å². The topological polar surface area (TPSA) is 48.5 Å². The second-order valence-electron chi connectivity index (χ2n) is 15.6. The van der Waals surface area contributed by atoms with E-state index in [2.05, 4.69) is 221 Å². The molecule has 0 bridgehead atoms. The van der Waals surface area contributed by atoms with Crippen LogP contribution in [0.3, 0.4) is 0 Å². The molecule has 0 N–H and O–H groups in total. The molecule has 0 atom stereocenters. The van der Waals surface area contributed by atoms with Gasteiger partial charge in [0.1, 0.15) is 0 Å². The van der Waals surface area contributed by atoms with Gasteiger partial charge in [0.15, 0.2) is 11.6 Å². The van der Waals surface area contributed by atoms with Gasteiger partial charge in [-0.1, -0.05) is 188 Å². The first-order valence-electron chi connectivity index (χ1n) is 21.0. The van der Waals surface area contributed by atoms with E-state index >= 15 is 0 Å². The van der Waals surface area contributed by atoms with Gasteiger partial charge >= 0.3 is 0 Å². The number of nitrogens with zero attached hydrogens (tertiary/aromatic N) is 5. The molecule has 3 aromatic heterocycles. The summed E-state index contributed by atoms with van der Waals surface area (Å²) in [5.41, 5.74) is 14.1. The number of rotatable bonds is 7. The minimum atomic E-state index is 0.550. The summed E-state index contributed by atoms with van der Waals surface area (Å²) in [5.74, 6) is 1.75. The number of benzene rings is 9. The number of hydrogen-bond acceptors (Lipinski definition) is 3. The lowest BCUT2D eigenvalue weighted by Crippen LogP contribution is -2.06. The third-order valence-electron chi connectivity index (χ3n) is 12.0. The number of aromatic nitrogens is 5. The minimum Gasteiger partial charge on any atom is -0.309 e. The van der Waals surface area contributed by atoms with Crippen molar-refractivity contribution >= 4 is 43.6 Å². The molecule has 0 aliphatic rings. The Kier molecular flexibility index (Phi) is 8.42. The van der Waals surface area contributed by atoms with Gasteiger partial charge in [-0.05, 0) is 64.2 Å². The molecule has 0 saturated carbocycles. The van der Waals surface area contributed by atoms with Crippen molar-refractivity contribution in [2.24, 2.45) is 0 Å². The van der Waals surface area contributed by atoms with E-state index in [4.69, 9.17) is 15.0 Å². The lowest BCUT2D eigenvalue weighted by molar-refractivity contribution is 0.953. The first-order chi connectivity index (χ1) is 30.8. The van der Waals surface area contributed by atoms with Gasteiger partial charge in [-0.2, -0.15) is 9.97 Å². The molecule has 9 aromatic carbocycles. The highest BCUT2D eigenvalue weighted by molar-refractivity contribution is 6.28. The SMILES string of the molecule is c1ccc(-c2ccc(-c3nc(-c4cccc(-c5ccccc5)c4)nc(-n4c5ccccc5c5c(-c6ccccc6)c6c7ccccc7n(-c7ccccc7)c6cc54)n3)cc2)cc1. The first kappa shape index (κ1) is 35.5. The number of fused-ring (bicyclic) bond motifs is 6. The minimum absolute atomic E-state index is 0.550. The maximum atomic E-state index is 5.41. The van der Waals surface area contributed by atoms with E-state index in [0.29, 0.717) is 17.6 Å². The van der Waals surface area contributed by atoms with Crippen LogP contribution in [0.15, 0.2) is 224 Å². The molecule has 12 rings (SSSR count). The van der Waals surface area contributed by atoms with Gasteiger partial charge in [-0.25, -0.2) is 4.98 Å². The van der Waals surface area contributed by atoms with Gasteiger partial charge < -0.3 is 4.57 Å². The zero-order valence-corrected chi connectivity index (χ0v) is 33.6. The van der Waals surface area contributed by atoms with Crippen molar-refractivity contribution in [1.82, 2.24) is 24.1 Å². The third kappa shape index (κ3) is 5.90. The fourth-order valence-corrected chi connectivity index (χ4v) is 9.17. The van der Waals surface area contributed by atoms with Gasteiger partial charge in [0.2, 0.25) is 5.95 Å². The Morgan fingerprint density at radius 2 is 0.710 bits per heavy atom. The Hall–Kier alpha value is -8.41. The quantitative estimate of drug-likeness (QED) is 0.162. The van der Waals surface area contributed by atoms with Gasteiger partial charge in [0.05, 0.1) is 22.1 Å². The highest BCUT2D eigenvalue weighted by Crippen LogP contribution is 2.47. The Morgan fingerprint density at radius 3 is 1.34 bits per heavy atom. The first-order valence-corrected chi connectivity index (χ1v) is 21.0. The van der Waals surface area contributed by atoms with Crippen molar-refractivity contribution < 1.29 is 0 Å². The fourth-order valence-electron chi connectivity index (χ4n) is 9.17. The fraction of sp³-hybridized carbons (Fsp3) is 0. The second kappa shape index (κ2) is 14.7. The van der Waals surface area contributed by atoms with E-state index in [1.54, 1.807) is 0 Å². The van der Waals surface area contributed by atoms with Crippen LogP contribution >= 0.6 is 0 Å². The molecule has 62 heavy (non-hydrogen) atoms. The van der Waals surface area contributed by atoms with Crippen molar-refractivity contribution in [3.63, 3.8) is 0 Å². The number of hydrogen-bond donors (Lipinski definition) is 0. The summed E-state index contributed by atoms with van der Waals surface area (Å²) >= 11 is 0. The van der Waals surface area contributed by atoms with Crippen LogP contribution in [-0.4, -0.2) is 24.1 Å². The molecule has 5 heteroatoms. The zero-order chi connectivity index (χ0) is 41.0. The molecule has 0 amide bonds. The van der Waals surface area contributed by atoms with E-state index in [1.807, 2.05) is 12.1 Å². The third-order valence-corrected chi connectivity index (χ3v) is 12.0. The van der Waals surface area contributed by atoms with E-state index in [1.165, 1.54) is 16.3 Å². The summed E-state index contributed by atoms with van der Waals surface area (Å²) in [6.45, 7) is 0. The average Bonchev–Trinajstić information content (AvgIpc) is 3.87. The molecule has 0 spiro atoms. The van der Waals surface area contributed by atoms with Crippen LogP contribution in [0.4, 0.5) is 0 Å². The zero-order valence-electron chi connectivity index (χ0n) is 33.6. The highest BCUT2D eigenvalue weighted by Gasteiger charge is 2.25. The van der Waals surface area contributed by atoms with Gasteiger partial charge in [-0.3, -0.25) is 4.57 Å². The maximum Gasteiger partial charge on any atom is 0.238 e. The molecular formula is C57H37N5. The molecule has 0 aliphatic carbocycles. The molecule has 0 aliphatic heterocycles. The summed E-state index contributed by atoms with van der Waals surface area (Å²) < 4.78 is 4.64. The monoisotopic (exact) mass is 791 g/mol. The van der Waals surface area contributed by atoms with E-state index in [-0.39, 0.29) is 0 Å². The summed E-state index contributed by atoms with van der Waals surface area (Å²) in [5, 5.41) is 4.68. The Labute approximate surface area is 358 Å². The van der Waals surface area contributed by atoms with Crippen LogP contribution in [0, 0.1) is 0 Å². The normalized spacial score (nSPS) is 11.5. The van der Waals surface area contributed by atoms with Crippen molar-refractivity contribution in [3.8, 4) is 67.8 Å². The van der Waals surface area contributed by atoms with Crippen molar-refractivity contribution in [1.29, 1.82) is 0 Å². The Balaban J connectivity index is 1.18. The average molecular weight is 792 g/mol. The van der Waals surface area contributed by atoms with E-state index < -0.39 is 0 Å².